The molecule has 2 aliphatic rings. The molecule has 2 heteroatoms. The van der Waals surface area contributed by atoms with E-state index in [1.807, 2.05) is 17.9 Å². The second-order valence-corrected chi connectivity index (χ2v) is 5.72. The summed E-state index contributed by atoms with van der Waals surface area (Å²) < 4.78 is 0. The summed E-state index contributed by atoms with van der Waals surface area (Å²) >= 11 is 0. The standard InChI is InChI=1S/C18H17NO/c1-12-14-8-2-3-9-15(14)16-10-4-6-13-7-5-11-19(17(13)16)18(12)20/h2-4,6,8-10,12H,5,7,11H2,1H3. The lowest BCUT2D eigenvalue weighted by atomic mass is 9.91. The Labute approximate surface area is 119 Å². The van der Waals surface area contributed by atoms with Gasteiger partial charge in [-0.15, -0.1) is 0 Å². The monoisotopic (exact) mass is 263 g/mol. The van der Waals surface area contributed by atoms with Crippen LogP contribution in [0.5, 0.6) is 0 Å². The maximum absolute atomic E-state index is 12.8. The number of rotatable bonds is 0. The van der Waals surface area contributed by atoms with Gasteiger partial charge in [0, 0.05) is 12.1 Å². The summed E-state index contributed by atoms with van der Waals surface area (Å²) in [6, 6.07) is 14.8. The van der Waals surface area contributed by atoms with E-state index in [-0.39, 0.29) is 11.8 Å². The molecule has 2 aromatic carbocycles. The summed E-state index contributed by atoms with van der Waals surface area (Å²) in [5, 5.41) is 0. The maximum atomic E-state index is 12.8. The van der Waals surface area contributed by atoms with Crippen molar-refractivity contribution in [1.82, 2.24) is 0 Å². The van der Waals surface area contributed by atoms with Gasteiger partial charge in [0.2, 0.25) is 5.91 Å². The van der Waals surface area contributed by atoms with Crippen molar-refractivity contribution in [3.8, 4) is 11.1 Å². The molecule has 0 aromatic heterocycles. The van der Waals surface area contributed by atoms with Crippen LogP contribution in [0.1, 0.15) is 30.4 Å². The van der Waals surface area contributed by atoms with E-state index in [9.17, 15) is 4.79 Å². The highest BCUT2D eigenvalue weighted by molar-refractivity contribution is 6.06. The van der Waals surface area contributed by atoms with Crippen LogP contribution in [-0.4, -0.2) is 12.5 Å². The highest BCUT2D eigenvalue weighted by atomic mass is 16.2. The first kappa shape index (κ1) is 11.7. The zero-order valence-corrected chi connectivity index (χ0v) is 11.6. The molecule has 1 amide bonds. The fraction of sp³-hybridized carbons (Fsp3) is 0.278. The molecule has 4 rings (SSSR count). The third kappa shape index (κ3) is 1.48. The molecule has 20 heavy (non-hydrogen) atoms. The smallest absolute Gasteiger partial charge is 0.234 e. The molecule has 0 fully saturated rings. The van der Waals surface area contributed by atoms with Gasteiger partial charge >= 0.3 is 0 Å². The molecule has 2 aliphatic heterocycles. The number of hydrogen-bond donors (Lipinski definition) is 0. The number of anilines is 1. The summed E-state index contributed by atoms with van der Waals surface area (Å²) in [4.78, 5) is 14.8. The molecular formula is C18H17NO. The summed E-state index contributed by atoms with van der Waals surface area (Å²) in [5.74, 6) is 0.174. The molecule has 1 unspecified atom stereocenters. The van der Waals surface area contributed by atoms with Gasteiger partial charge in [-0.1, -0.05) is 42.5 Å². The highest BCUT2D eigenvalue weighted by Crippen LogP contribution is 2.44. The highest BCUT2D eigenvalue weighted by Gasteiger charge is 2.33. The Kier molecular flexibility index (Phi) is 2.46. The van der Waals surface area contributed by atoms with Gasteiger partial charge in [0.15, 0.2) is 0 Å². The van der Waals surface area contributed by atoms with Gasteiger partial charge in [-0.25, -0.2) is 0 Å². The first-order valence-corrected chi connectivity index (χ1v) is 7.30. The molecule has 0 aliphatic carbocycles. The predicted octanol–water partition coefficient (Wildman–Crippen LogP) is 3.75. The molecule has 1 atom stereocenters. The second kappa shape index (κ2) is 4.20. The number of carbonyl (C=O) groups excluding carboxylic acids is 1. The summed E-state index contributed by atoms with van der Waals surface area (Å²) in [6.45, 7) is 2.88. The molecular weight excluding hydrogens is 246 g/mol. The molecule has 2 aromatic rings. The normalized spacial score (nSPS) is 20.1. The van der Waals surface area contributed by atoms with Gasteiger partial charge in [0.1, 0.15) is 0 Å². The lowest BCUT2D eigenvalue weighted by molar-refractivity contribution is -0.119. The van der Waals surface area contributed by atoms with Crippen LogP contribution >= 0.6 is 0 Å². The molecule has 0 saturated carbocycles. The number of carbonyl (C=O) groups is 1. The van der Waals surface area contributed by atoms with Crippen molar-refractivity contribution in [2.75, 3.05) is 11.4 Å². The van der Waals surface area contributed by atoms with Crippen LogP contribution in [-0.2, 0) is 11.2 Å². The van der Waals surface area contributed by atoms with Crippen molar-refractivity contribution in [2.24, 2.45) is 0 Å². The zero-order chi connectivity index (χ0) is 13.7. The van der Waals surface area contributed by atoms with Gasteiger partial charge in [-0.3, -0.25) is 4.79 Å². The van der Waals surface area contributed by atoms with Crippen molar-refractivity contribution in [2.45, 2.75) is 25.7 Å². The third-order valence-corrected chi connectivity index (χ3v) is 4.57. The molecule has 0 saturated heterocycles. The van der Waals surface area contributed by atoms with Gasteiger partial charge in [0.25, 0.3) is 0 Å². The number of aryl methyl sites for hydroxylation is 1. The van der Waals surface area contributed by atoms with Crippen LogP contribution in [0.15, 0.2) is 42.5 Å². The van der Waals surface area contributed by atoms with Crippen LogP contribution in [0.2, 0.25) is 0 Å². The van der Waals surface area contributed by atoms with E-state index in [2.05, 4.69) is 36.4 Å². The van der Waals surface area contributed by atoms with Gasteiger partial charge < -0.3 is 4.90 Å². The van der Waals surface area contributed by atoms with E-state index in [4.69, 9.17) is 0 Å². The predicted molar refractivity (Wildman–Crippen MR) is 81.0 cm³/mol. The molecule has 100 valence electrons. The Hall–Kier alpha value is -2.09. The van der Waals surface area contributed by atoms with Crippen LogP contribution in [0.4, 0.5) is 5.69 Å². The second-order valence-electron chi connectivity index (χ2n) is 5.72. The van der Waals surface area contributed by atoms with Gasteiger partial charge in [0.05, 0.1) is 11.6 Å². The minimum absolute atomic E-state index is 0.0652. The largest absolute Gasteiger partial charge is 0.311 e. The third-order valence-electron chi connectivity index (χ3n) is 4.57. The van der Waals surface area contributed by atoms with Crippen molar-refractivity contribution in [3.63, 3.8) is 0 Å². The first-order chi connectivity index (χ1) is 9.77. The Morgan fingerprint density at radius 1 is 1.05 bits per heavy atom. The molecule has 0 spiro atoms. The first-order valence-electron chi connectivity index (χ1n) is 7.30. The molecule has 0 N–H and O–H groups in total. The molecule has 0 radical (unpaired) electrons. The Balaban J connectivity index is 2.09. The lowest BCUT2D eigenvalue weighted by Crippen LogP contribution is -2.37. The number of nitrogens with zero attached hydrogens (tertiary/aromatic N) is 1. The summed E-state index contributed by atoms with van der Waals surface area (Å²) in [7, 11) is 0. The van der Waals surface area contributed by atoms with E-state index in [0.29, 0.717) is 0 Å². The van der Waals surface area contributed by atoms with Crippen molar-refractivity contribution in [3.05, 3.63) is 53.6 Å². The number of benzene rings is 2. The van der Waals surface area contributed by atoms with Gasteiger partial charge in [-0.2, -0.15) is 0 Å². The van der Waals surface area contributed by atoms with Crippen LogP contribution < -0.4 is 4.90 Å². The molecule has 2 nitrogen and oxygen atoms in total. The van der Waals surface area contributed by atoms with Crippen LogP contribution in [0.3, 0.4) is 0 Å². The SMILES string of the molecule is CC1C(=O)N2CCCc3cccc(c32)-c2ccccc21. The Morgan fingerprint density at radius 3 is 2.75 bits per heavy atom. The van der Waals surface area contributed by atoms with Crippen LogP contribution in [0.25, 0.3) is 11.1 Å². The summed E-state index contributed by atoms with van der Waals surface area (Å²) in [5.41, 5.74) is 6.05. The van der Waals surface area contributed by atoms with E-state index >= 15 is 0 Å². The van der Waals surface area contributed by atoms with Crippen molar-refractivity contribution < 1.29 is 4.79 Å². The van der Waals surface area contributed by atoms with Crippen LogP contribution in [0, 0.1) is 0 Å². The van der Waals surface area contributed by atoms with E-state index < -0.39 is 0 Å². The van der Waals surface area contributed by atoms with E-state index in [0.717, 1.165) is 30.6 Å². The quantitative estimate of drug-likeness (QED) is 0.709. The summed E-state index contributed by atoms with van der Waals surface area (Å²) in [6.07, 6.45) is 2.13. The molecule has 0 bridgehead atoms. The number of para-hydroxylation sites is 1. The number of hydrogen-bond acceptors (Lipinski definition) is 1. The topological polar surface area (TPSA) is 20.3 Å². The van der Waals surface area contributed by atoms with Crippen molar-refractivity contribution in [1.29, 1.82) is 0 Å². The number of amides is 1. The zero-order valence-electron chi connectivity index (χ0n) is 11.6. The average Bonchev–Trinajstić information content (AvgIpc) is 2.60. The van der Waals surface area contributed by atoms with Gasteiger partial charge in [-0.05, 0) is 36.5 Å². The fourth-order valence-electron chi connectivity index (χ4n) is 3.58. The molecule has 2 heterocycles. The maximum Gasteiger partial charge on any atom is 0.234 e. The minimum Gasteiger partial charge on any atom is -0.311 e. The fourth-order valence-corrected chi connectivity index (χ4v) is 3.58. The van der Waals surface area contributed by atoms with Crippen molar-refractivity contribution >= 4 is 11.6 Å². The minimum atomic E-state index is -0.0652. The number of fused-ring (bicyclic) bond motifs is 2. The Morgan fingerprint density at radius 2 is 1.85 bits per heavy atom. The average molecular weight is 263 g/mol. The van der Waals surface area contributed by atoms with E-state index in [1.54, 1.807) is 0 Å². The van der Waals surface area contributed by atoms with E-state index in [1.165, 1.54) is 16.7 Å². The lowest BCUT2D eigenvalue weighted by Gasteiger charge is -2.31. The Bertz CT molecular complexity index is 704.